The first kappa shape index (κ1) is 14.1. The molecule has 0 aliphatic carbocycles. The van der Waals surface area contributed by atoms with Crippen LogP contribution in [0.15, 0.2) is 59.5 Å². The molecule has 0 fully saturated rings. The summed E-state index contributed by atoms with van der Waals surface area (Å²) in [6, 6.07) is 15.0. The van der Waals surface area contributed by atoms with Crippen LogP contribution >= 0.6 is 11.6 Å². The molecule has 100 valence electrons. The van der Waals surface area contributed by atoms with Crippen LogP contribution in [-0.4, -0.2) is 15.0 Å². The van der Waals surface area contributed by atoms with Crippen molar-refractivity contribution < 1.29 is 8.42 Å². The maximum absolute atomic E-state index is 12.5. The zero-order chi connectivity index (χ0) is 13.9. The van der Waals surface area contributed by atoms with E-state index in [1.54, 1.807) is 54.6 Å². The predicted molar refractivity (Wildman–Crippen MR) is 76.9 cm³/mol. The van der Waals surface area contributed by atoms with E-state index in [2.05, 4.69) is 0 Å². The van der Waals surface area contributed by atoms with Gasteiger partial charge in [-0.3, -0.25) is 0 Å². The molecule has 0 saturated carbocycles. The Morgan fingerprint density at radius 2 is 1.58 bits per heavy atom. The largest absolute Gasteiger partial charge is 0.329 e. The van der Waals surface area contributed by atoms with E-state index in [0.717, 1.165) is 0 Å². The summed E-state index contributed by atoms with van der Waals surface area (Å²) in [5.41, 5.74) is 6.30. The van der Waals surface area contributed by atoms with Crippen LogP contribution in [0.1, 0.15) is 10.8 Å². The second kappa shape index (κ2) is 5.74. The van der Waals surface area contributed by atoms with Crippen LogP contribution in [0.3, 0.4) is 0 Å². The molecule has 2 aromatic rings. The summed E-state index contributed by atoms with van der Waals surface area (Å²) in [5, 5.41) is -0.191. The topological polar surface area (TPSA) is 60.2 Å². The lowest BCUT2D eigenvalue weighted by Crippen LogP contribution is -2.22. The summed E-state index contributed by atoms with van der Waals surface area (Å²) >= 11 is 5.81. The van der Waals surface area contributed by atoms with Crippen molar-refractivity contribution in [1.82, 2.24) is 0 Å². The van der Waals surface area contributed by atoms with Gasteiger partial charge in [-0.05, 0) is 29.8 Å². The van der Waals surface area contributed by atoms with Gasteiger partial charge >= 0.3 is 0 Å². The highest BCUT2D eigenvalue weighted by Crippen LogP contribution is 2.28. The number of sulfone groups is 1. The summed E-state index contributed by atoms with van der Waals surface area (Å²) < 4.78 is 25.1. The van der Waals surface area contributed by atoms with Gasteiger partial charge in [0, 0.05) is 11.6 Å². The average molecular weight is 296 g/mol. The summed E-state index contributed by atoms with van der Waals surface area (Å²) in [6.07, 6.45) is 0. The Morgan fingerprint density at radius 3 is 2.11 bits per heavy atom. The normalized spacial score (nSPS) is 13.2. The van der Waals surface area contributed by atoms with E-state index in [1.165, 1.54) is 0 Å². The molecule has 0 heterocycles. The molecule has 1 unspecified atom stereocenters. The summed E-state index contributed by atoms with van der Waals surface area (Å²) in [4.78, 5) is 0.278. The molecule has 0 radical (unpaired) electrons. The maximum atomic E-state index is 12.5. The minimum Gasteiger partial charge on any atom is -0.329 e. The van der Waals surface area contributed by atoms with E-state index in [1.807, 2.05) is 0 Å². The van der Waals surface area contributed by atoms with Gasteiger partial charge in [-0.2, -0.15) is 0 Å². The molecule has 2 rings (SSSR count). The Kier molecular flexibility index (Phi) is 4.24. The van der Waals surface area contributed by atoms with Gasteiger partial charge in [0.2, 0.25) is 0 Å². The molecule has 0 aromatic heterocycles. The fourth-order valence-corrected chi connectivity index (χ4v) is 3.65. The maximum Gasteiger partial charge on any atom is 0.186 e. The van der Waals surface area contributed by atoms with Gasteiger partial charge in [0.05, 0.1) is 4.90 Å². The third-order valence-corrected chi connectivity index (χ3v) is 5.30. The fourth-order valence-electron chi connectivity index (χ4n) is 1.89. The van der Waals surface area contributed by atoms with Gasteiger partial charge in [0.15, 0.2) is 9.84 Å². The first-order chi connectivity index (χ1) is 9.05. The smallest absolute Gasteiger partial charge is 0.186 e. The van der Waals surface area contributed by atoms with Crippen LogP contribution in [0, 0.1) is 0 Å². The van der Waals surface area contributed by atoms with E-state index in [9.17, 15) is 8.42 Å². The molecule has 19 heavy (non-hydrogen) atoms. The van der Waals surface area contributed by atoms with Gasteiger partial charge in [-0.25, -0.2) is 8.42 Å². The molecule has 3 nitrogen and oxygen atoms in total. The van der Waals surface area contributed by atoms with Gasteiger partial charge in [0.25, 0.3) is 0 Å². The Hall–Kier alpha value is -1.36. The molecule has 0 aliphatic rings. The van der Waals surface area contributed by atoms with Crippen molar-refractivity contribution >= 4 is 21.4 Å². The zero-order valence-electron chi connectivity index (χ0n) is 10.2. The van der Waals surface area contributed by atoms with Gasteiger partial charge in [0.1, 0.15) is 5.25 Å². The minimum absolute atomic E-state index is 0.0266. The summed E-state index contributed by atoms with van der Waals surface area (Å²) in [7, 11) is -3.49. The Labute approximate surface area is 117 Å². The number of benzene rings is 2. The lowest BCUT2D eigenvalue weighted by Gasteiger charge is -2.16. The van der Waals surface area contributed by atoms with Crippen LogP contribution in [0.2, 0.25) is 5.02 Å². The summed E-state index contributed by atoms with van der Waals surface area (Å²) in [5.74, 6) is 0. The standard InChI is InChI=1S/C14H14ClNO2S/c15-12-8-6-11(7-9-12)14(10-16)19(17,18)13-4-2-1-3-5-13/h1-9,14H,10,16H2. The Balaban J connectivity index is 2.45. The third-order valence-electron chi connectivity index (χ3n) is 2.90. The summed E-state index contributed by atoms with van der Waals surface area (Å²) in [6.45, 7) is 0.0266. The van der Waals surface area contributed by atoms with Crippen molar-refractivity contribution in [2.45, 2.75) is 10.1 Å². The monoisotopic (exact) mass is 295 g/mol. The molecule has 2 aromatic carbocycles. The molecular formula is C14H14ClNO2S. The molecule has 5 heteroatoms. The first-order valence-corrected chi connectivity index (χ1v) is 7.72. The van der Waals surface area contributed by atoms with E-state index in [4.69, 9.17) is 17.3 Å². The van der Waals surface area contributed by atoms with Crippen LogP contribution in [0.25, 0.3) is 0 Å². The highest BCUT2D eigenvalue weighted by atomic mass is 35.5. The highest BCUT2D eigenvalue weighted by molar-refractivity contribution is 7.91. The van der Waals surface area contributed by atoms with Crippen LogP contribution in [0.5, 0.6) is 0 Å². The molecule has 0 bridgehead atoms. The Bertz CT molecular complexity index is 639. The second-order valence-corrected chi connectivity index (χ2v) is 6.70. The molecule has 2 N–H and O–H groups in total. The molecule has 0 saturated heterocycles. The van der Waals surface area contributed by atoms with Crippen molar-refractivity contribution in [3.8, 4) is 0 Å². The minimum atomic E-state index is -3.49. The zero-order valence-corrected chi connectivity index (χ0v) is 11.7. The van der Waals surface area contributed by atoms with Crippen molar-refractivity contribution in [3.05, 3.63) is 65.2 Å². The van der Waals surface area contributed by atoms with Crippen molar-refractivity contribution in [1.29, 1.82) is 0 Å². The van der Waals surface area contributed by atoms with E-state index in [0.29, 0.717) is 10.6 Å². The van der Waals surface area contributed by atoms with Crippen LogP contribution in [0.4, 0.5) is 0 Å². The number of nitrogens with two attached hydrogens (primary N) is 1. The quantitative estimate of drug-likeness (QED) is 0.943. The molecular weight excluding hydrogens is 282 g/mol. The molecule has 1 atom stereocenters. The molecule has 0 spiro atoms. The average Bonchev–Trinajstić information content (AvgIpc) is 2.42. The Morgan fingerprint density at radius 1 is 1.00 bits per heavy atom. The molecule has 0 aliphatic heterocycles. The van der Waals surface area contributed by atoms with Crippen molar-refractivity contribution in [2.75, 3.05) is 6.54 Å². The number of hydrogen-bond donors (Lipinski definition) is 1. The fraction of sp³-hybridized carbons (Fsp3) is 0.143. The lowest BCUT2D eigenvalue weighted by molar-refractivity contribution is 0.582. The van der Waals surface area contributed by atoms with Crippen LogP contribution in [-0.2, 0) is 9.84 Å². The number of hydrogen-bond acceptors (Lipinski definition) is 3. The van der Waals surface area contributed by atoms with E-state index in [-0.39, 0.29) is 11.4 Å². The number of halogens is 1. The third kappa shape index (κ3) is 2.97. The second-order valence-electron chi connectivity index (χ2n) is 4.13. The van der Waals surface area contributed by atoms with E-state index < -0.39 is 15.1 Å². The van der Waals surface area contributed by atoms with Crippen molar-refractivity contribution in [3.63, 3.8) is 0 Å². The van der Waals surface area contributed by atoms with Crippen LogP contribution < -0.4 is 5.73 Å². The van der Waals surface area contributed by atoms with Gasteiger partial charge in [-0.15, -0.1) is 0 Å². The SMILES string of the molecule is NCC(c1ccc(Cl)cc1)S(=O)(=O)c1ccccc1. The van der Waals surface area contributed by atoms with Gasteiger partial charge < -0.3 is 5.73 Å². The first-order valence-electron chi connectivity index (χ1n) is 5.80. The molecule has 0 amide bonds. The van der Waals surface area contributed by atoms with Crippen molar-refractivity contribution in [2.24, 2.45) is 5.73 Å². The predicted octanol–water partition coefficient (Wildman–Crippen LogP) is 2.81. The van der Waals surface area contributed by atoms with Gasteiger partial charge in [-0.1, -0.05) is 41.9 Å². The number of rotatable bonds is 4. The highest BCUT2D eigenvalue weighted by Gasteiger charge is 2.27. The van der Waals surface area contributed by atoms with E-state index >= 15 is 0 Å². The lowest BCUT2D eigenvalue weighted by atomic mass is 10.1.